The summed E-state index contributed by atoms with van der Waals surface area (Å²) in [6.45, 7) is -0.0854. The van der Waals surface area contributed by atoms with Crippen LogP contribution in [0.5, 0.6) is 5.75 Å². The summed E-state index contributed by atoms with van der Waals surface area (Å²) in [5.41, 5.74) is 3.09. The van der Waals surface area contributed by atoms with Crippen molar-refractivity contribution in [3.63, 3.8) is 0 Å². The molecule has 0 spiro atoms. The summed E-state index contributed by atoms with van der Waals surface area (Å²) in [6.07, 6.45) is 1.91. The number of amides is 2. The van der Waals surface area contributed by atoms with Crippen molar-refractivity contribution in [2.45, 2.75) is 19.3 Å². The molecule has 0 aliphatic rings. The van der Waals surface area contributed by atoms with Gasteiger partial charge in [0.2, 0.25) is 5.91 Å². The number of hydrogen-bond acceptors (Lipinski definition) is 4. The molecule has 1 rings (SSSR count). The quantitative estimate of drug-likeness (QED) is 0.371. The molecule has 0 bridgehead atoms. The maximum Gasteiger partial charge on any atom is 0.253 e. The Balaban J connectivity index is 2.22. The minimum absolute atomic E-state index is 0.0854. The van der Waals surface area contributed by atoms with Crippen molar-refractivity contribution in [2.75, 3.05) is 13.7 Å². The fraction of sp³-hybridized carbons (Fsp3) is 0.385. The monoisotopic (exact) mass is 265 g/mol. The zero-order chi connectivity index (χ0) is 14.1. The number of carbonyl (C=O) groups is 2. The van der Waals surface area contributed by atoms with E-state index < -0.39 is 5.91 Å². The molecule has 0 saturated carbocycles. The predicted octanol–water partition coefficient (Wildman–Crippen LogP) is 0.124. The lowest BCUT2D eigenvalue weighted by molar-refractivity contribution is -0.126. The molecule has 0 saturated heterocycles. The summed E-state index contributed by atoms with van der Waals surface area (Å²) in [5, 5.41) is 2.49. The van der Waals surface area contributed by atoms with E-state index in [2.05, 4.69) is 5.32 Å². The van der Waals surface area contributed by atoms with Gasteiger partial charge in [0.05, 0.1) is 13.7 Å². The van der Waals surface area contributed by atoms with Crippen molar-refractivity contribution in [3.8, 4) is 5.75 Å². The van der Waals surface area contributed by atoms with Crippen LogP contribution in [0.2, 0.25) is 0 Å². The van der Waals surface area contributed by atoms with E-state index in [1.165, 1.54) is 0 Å². The number of hydrogen-bond donors (Lipinski definition) is 3. The molecule has 1 aromatic carbocycles. The Labute approximate surface area is 112 Å². The molecule has 0 aliphatic carbocycles. The van der Waals surface area contributed by atoms with Gasteiger partial charge in [0.1, 0.15) is 5.75 Å². The van der Waals surface area contributed by atoms with E-state index in [1.807, 2.05) is 29.7 Å². The highest BCUT2D eigenvalue weighted by Crippen LogP contribution is 2.13. The standard InChI is InChI=1S/C13H19N3O3/c1-19-11-7-5-10(6-8-11)3-2-4-12(17)15-9-13(18)16-14/h5-8H,2-4,9,14H2,1H3,(H,15,17)(H,16,18). The largest absolute Gasteiger partial charge is 0.497 e. The zero-order valence-electron chi connectivity index (χ0n) is 10.9. The van der Waals surface area contributed by atoms with E-state index in [0.29, 0.717) is 6.42 Å². The lowest BCUT2D eigenvalue weighted by Gasteiger charge is -2.05. The van der Waals surface area contributed by atoms with Crippen LogP contribution in [-0.2, 0) is 16.0 Å². The molecule has 19 heavy (non-hydrogen) atoms. The lowest BCUT2D eigenvalue weighted by atomic mass is 10.1. The van der Waals surface area contributed by atoms with Crippen LogP contribution in [0.25, 0.3) is 0 Å². The van der Waals surface area contributed by atoms with Gasteiger partial charge < -0.3 is 10.1 Å². The van der Waals surface area contributed by atoms with Gasteiger partial charge in [0, 0.05) is 6.42 Å². The van der Waals surface area contributed by atoms with Crippen LogP contribution in [0.15, 0.2) is 24.3 Å². The van der Waals surface area contributed by atoms with Crippen molar-refractivity contribution >= 4 is 11.8 Å². The third-order valence-electron chi connectivity index (χ3n) is 2.64. The van der Waals surface area contributed by atoms with Crippen molar-refractivity contribution in [3.05, 3.63) is 29.8 Å². The van der Waals surface area contributed by atoms with Gasteiger partial charge in [-0.25, -0.2) is 5.84 Å². The van der Waals surface area contributed by atoms with Crippen LogP contribution in [0.1, 0.15) is 18.4 Å². The molecule has 2 amide bonds. The zero-order valence-corrected chi connectivity index (χ0v) is 10.9. The number of nitrogens with two attached hydrogens (primary N) is 1. The second kappa shape index (κ2) is 8.10. The topological polar surface area (TPSA) is 93.4 Å². The van der Waals surface area contributed by atoms with Crippen LogP contribution in [0.3, 0.4) is 0 Å². The Morgan fingerprint density at radius 1 is 1.21 bits per heavy atom. The Bertz CT molecular complexity index is 418. The van der Waals surface area contributed by atoms with Gasteiger partial charge in [-0.15, -0.1) is 0 Å². The van der Waals surface area contributed by atoms with Crippen molar-refractivity contribution in [1.82, 2.24) is 10.7 Å². The molecule has 0 heterocycles. The van der Waals surface area contributed by atoms with Crippen LogP contribution in [0.4, 0.5) is 0 Å². The molecule has 0 aliphatic heterocycles. The minimum Gasteiger partial charge on any atom is -0.497 e. The van der Waals surface area contributed by atoms with E-state index in [1.54, 1.807) is 7.11 Å². The van der Waals surface area contributed by atoms with Gasteiger partial charge >= 0.3 is 0 Å². The van der Waals surface area contributed by atoms with Crippen molar-refractivity contribution < 1.29 is 14.3 Å². The number of rotatable bonds is 7. The average molecular weight is 265 g/mol. The Morgan fingerprint density at radius 2 is 1.89 bits per heavy atom. The molecule has 6 nitrogen and oxygen atoms in total. The molecule has 0 aromatic heterocycles. The van der Waals surface area contributed by atoms with Gasteiger partial charge in [0.25, 0.3) is 5.91 Å². The van der Waals surface area contributed by atoms with E-state index in [0.717, 1.165) is 24.2 Å². The van der Waals surface area contributed by atoms with Crippen molar-refractivity contribution in [1.29, 1.82) is 0 Å². The van der Waals surface area contributed by atoms with Gasteiger partial charge in [0.15, 0.2) is 0 Å². The normalized spacial score (nSPS) is 9.79. The van der Waals surface area contributed by atoms with Crippen LogP contribution in [-0.4, -0.2) is 25.5 Å². The molecule has 1 aromatic rings. The maximum atomic E-state index is 11.4. The molecular formula is C13H19N3O3. The highest BCUT2D eigenvalue weighted by molar-refractivity contribution is 5.84. The SMILES string of the molecule is COc1ccc(CCCC(=O)NCC(=O)NN)cc1. The molecular weight excluding hydrogens is 246 g/mol. The van der Waals surface area contributed by atoms with Crippen LogP contribution in [0, 0.1) is 0 Å². The summed E-state index contributed by atoms with van der Waals surface area (Å²) in [5.74, 6) is 5.14. The highest BCUT2D eigenvalue weighted by atomic mass is 16.5. The van der Waals surface area contributed by atoms with E-state index in [9.17, 15) is 9.59 Å². The second-order valence-corrected chi connectivity index (χ2v) is 4.05. The number of ether oxygens (including phenoxy) is 1. The number of hydrazine groups is 1. The molecule has 104 valence electrons. The second-order valence-electron chi connectivity index (χ2n) is 4.05. The van der Waals surface area contributed by atoms with Gasteiger partial charge in [-0.1, -0.05) is 12.1 Å². The average Bonchev–Trinajstić information content (AvgIpc) is 2.45. The maximum absolute atomic E-state index is 11.4. The lowest BCUT2D eigenvalue weighted by Crippen LogP contribution is -2.40. The fourth-order valence-corrected chi connectivity index (χ4v) is 1.56. The smallest absolute Gasteiger partial charge is 0.253 e. The Kier molecular flexibility index (Phi) is 6.38. The number of nitrogens with one attached hydrogen (secondary N) is 2. The third kappa shape index (κ3) is 5.87. The molecule has 0 fully saturated rings. The number of methoxy groups -OCH3 is 1. The summed E-state index contributed by atoms with van der Waals surface area (Å²) in [7, 11) is 1.62. The Morgan fingerprint density at radius 3 is 2.47 bits per heavy atom. The number of aryl methyl sites for hydroxylation is 1. The molecule has 0 unspecified atom stereocenters. The van der Waals surface area contributed by atoms with Gasteiger partial charge in [-0.05, 0) is 30.5 Å². The van der Waals surface area contributed by atoms with E-state index in [4.69, 9.17) is 10.6 Å². The van der Waals surface area contributed by atoms with Crippen LogP contribution >= 0.6 is 0 Å². The van der Waals surface area contributed by atoms with Crippen molar-refractivity contribution in [2.24, 2.45) is 5.84 Å². The van der Waals surface area contributed by atoms with Gasteiger partial charge in [-0.2, -0.15) is 0 Å². The number of carbonyl (C=O) groups excluding carboxylic acids is 2. The third-order valence-corrected chi connectivity index (χ3v) is 2.64. The highest BCUT2D eigenvalue weighted by Gasteiger charge is 2.04. The Hall–Kier alpha value is -2.08. The summed E-state index contributed by atoms with van der Waals surface area (Å²) < 4.78 is 5.06. The summed E-state index contributed by atoms with van der Waals surface area (Å²) in [6, 6.07) is 7.72. The molecule has 0 atom stereocenters. The first-order valence-corrected chi connectivity index (χ1v) is 6.04. The van der Waals surface area contributed by atoms with E-state index >= 15 is 0 Å². The molecule has 0 radical (unpaired) electrons. The number of benzene rings is 1. The molecule has 4 N–H and O–H groups in total. The first-order valence-electron chi connectivity index (χ1n) is 6.04. The predicted molar refractivity (Wildman–Crippen MR) is 71.3 cm³/mol. The fourth-order valence-electron chi connectivity index (χ4n) is 1.56. The summed E-state index contributed by atoms with van der Waals surface area (Å²) >= 11 is 0. The van der Waals surface area contributed by atoms with Crippen LogP contribution < -0.4 is 21.3 Å². The van der Waals surface area contributed by atoms with E-state index in [-0.39, 0.29) is 12.5 Å². The molecule has 6 heteroatoms. The first-order chi connectivity index (χ1) is 9.15. The minimum atomic E-state index is -0.413. The first kappa shape index (κ1) is 15.0. The summed E-state index contributed by atoms with van der Waals surface area (Å²) in [4.78, 5) is 22.2. The van der Waals surface area contributed by atoms with Gasteiger partial charge in [-0.3, -0.25) is 15.0 Å².